The number of hydrogen-bond acceptors (Lipinski definition) is 5. The first-order valence-corrected chi connectivity index (χ1v) is 6.65. The molecule has 0 radical (unpaired) electrons. The van der Waals surface area contributed by atoms with Crippen molar-refractivity contribution in [3.63, 3.8) is 0 Å². The van der Waals surface area contributed by atoms with Crippen molar-refractivity contribution < 1.29 is 14.6 Å². The van der Waals surface area contributed by atoms with Crippen LogP contribution in [0.4, 0.5) is 17.1 Å². The predicted octanol–water partition coefficient (Wildman–Crippen LogP) is 2.99. The number of amides is 1. The van der Waals surface area contributed by atoms with Crippen LogP contribution < -0.4 is 5.32 Å². The van der Waals surface area contributed by atoms with Gasteiger partial charge < -0.3 is 5.32 Å². The molecule has 8 nitrogen and oxygen atoms in total. The van der Waals surface area contributed by atoms with Gasteiger partial charge in [0.05, 0.1) is 16.3 Å². The highest BCUT2D eigenvalue weighted by Crippen LogP contribution is 2.22. The summed E-state index contributed by atoms with van der Waals surface area (Å²) in [7, 11) is 0. The second-order valence-corrected chi connectivity index (χ2v) is 4.87. The van der Waals surface area contributed by atoms with E-state index in [1.807, 2.05) is 0 Å². The molecule has 0 heterocycles. The van der Waals surface area contributed by atoms with Crippen LogP contribution in [-0.4, -0.2) is 15.8 Å². The number of nitrogens with one attached hydrogen (secondary N) is 1. The molecule has 2 rings (SSSR count). The van der Waals surface area contributed by atoms with E-state index in [0.29, 0.717) is 16.8 Å². The molecule has 0 saturated carbocycles. The van der Waals surface area contributed by atoms with Crippen LogP contribution in [0.15, 0.2) is 42.5 Å². The molecule has 8 heteroatoms. The first-order valence-electron chi connectivity index (χ1n) is 6.65. The Hall–Kier alpha value is -3.29. The number of aryl methyl sites for hydroxylation is 1. The van der Waals surface area contributed by atoms with Gasteiger partial charge in [-0.1, -0.05) is 18.2 Å². The molecule has 1 N–H and O–H groups in total. The van der Waals surface area contributed by atoms with Crippen molar-refractivity contribution in [3.05, 3.63) is 73.8 Å². The fraction of sp³-hybridized carbons (Fsp3) is 0.133. The van der Waals surface area contributed by atoms with Crippen molar-refractivity contribution in [2.24, 2.45) is 0 Å². The van der Waals surface area contributed by atoms with Gasteiger partial charge in [0.15, 0.2) is 0 Å². The van der Waals surface area contributed by atoms with Gasteiger partial charge in [-0.15, -0.1) is 0 Å². The number of non-ortho nitro benzene ring substituents is 1. The number of carbonyl (C=O) groups is 1. The molecule has 118 valence electrons. The number of hydrogen-bond donors (Lipinski definition) is 1. The third-order valence-electron chi connectivity index (χ3n) is 3.23. The molecule has 0 fully saturated rings. The van der Waals surface area contributed by atoms with Gasteiger partial charge in [-0.25, -0.2) is 0 Å². The van der Waals surface area contributed by atoms with Crippen LogP contribution in [0.3, 0.4) is 0 Å². The number of nitro benzene ring substituents is 2. The summed E-state index contributed by atoms with van der Waals surface area (Å²) in [5, 5.41) is 24.2. The lowest BCUT2D eigenvalue weighted by molar-refractivity contribution is -0.385. The normalized spacial score (nSPS) is 10.1. The topological polar surface area (TPSA) is 115 Å². The lowest BCUT2D eigenvalue weighted by atomic mass is 10.1. The SMILES string of the molecule is Cc1cc([N+](=O)[O-])ccc1NC(=O)Cc1ccccc1[N+](=O)[O-]. The van der Waals surface area contributed by atoms with E-state index in [-0.39, 0.29) is 17.8 Å². The predicted molar refractivity (Wildman–Crippen MR) is 83.3 cm³/mol. The molecule has 0 aromatic heterocycles. The highest BCUT2D eigenvalue weighted by atomic mass is 16.6. The molecule has 0 bridgehead atoms. The van der Waals surface area contributed by atoms with E-state index >= 15 is 0 Å². The van der Waals surface area contributed by atoms with Crippen LogP contribution >= 0.6 is 0 Å². The smallest absolute Gasteiger partial charge is 0.273 e. The lowest BCUT2D eigenvalue weighted by Gasteiger charge is -2.08. The maximum Gasteiger partial charge on any atom is 0.273 e. The fourth-order valence-corrected chi connectivity index (χ4v) is 2.11. The summed E-state index contributed by atoms with van der Waals surface area (Å²) in [4.78, 5) is 32.6. The Kier molecular flexibility index (Phi) is 4.65. The Balaban J connectivity index is 2.15. The summed E-state index contributed by atoms with van der Waals surface area (Å²) >= 11 is 0. The first kappa shape index (κ1) is 16.1. The number of nitro groups is 2. The van der Waals surface area contributed by atoms with Gasteiger partial charge in [0.1, 0.15) is 0 Å². The molecule has 0 atom stereocenters. The summed E-state index contributed by atoms with van der Waals surface area (Å²) in [5.74, 6) is -0.434. The maximum atomic E-state index is 12.1. The number of anilines is 1. The second-order valence-electron chi connectivity index (χ2n) is 4.87. The molecule has 0 unspecified atom stereocenters. The molecule has 0 saturated heterocycles. The highest BCUT2D eigenvalue weighted by Gasteiger charge is 2.16. The lowest BCUT2D eigenvalue weighted by Crippen LogP contribution is -2.16. The Bertz CT molecular complexity index is 788. The van der Waals surface area contributed by atoms with E-state index < -0.39 is 15.8 Å². The molecule has 2 aromatic carbocycles. The average molecular weight is 315 g/mol. The van der Waals surface area contributed by atoms with E-state index in [4.69, 9.17) is 0 Å². The third kappa shape index (κ3) is 3.88. The molecule has 1 amide bonds. The molecule has 0 aliphatic rings. The zero-order valence-electron chi connectivity index (χ0n) is 12.2. The number of nitrogens with zero attached hydrogens (tertiary/aromatic N) is 2. The van der Waals surface area contributed by atoms with E-state index in [2.05, 4.69) is 5.32 Å². The van der Waals surface area contributed by atoms with Crippen LogP contribution in [0, 0.1) is 27.2 Å². The van der Waals surface area contributed by atoms with Gasteiger partial charge >= 0.3 is 0 Å². The van der Waals surface area contributed by atoms with Crippen molar-refractivity contribution in [1.29, 1.82) is 0 Å². The van der Waals surface area contributed by atoms with Crippen molar-refractivity contribution in [1.82, 2.24) is 0 Å². The Morgan fingerprint density at radius 1 is 1.09 bits per heavy atom. The van der Waals surface area contributed by atoms with Gasteiger partial charge in [-0.2, -0.15) is 0 Å². The molecule has 0 aliphatic heterocycles. The monoisotopic (exact) mass is 315 g/mol. The first-order chi connectivity index (χ1) is 10.9. The van der Waals surface area contributed by atoms with Crippen molar-refractivity contribution >= 4 is 23.0 Å². The van der Waals surface area contributed by atoms with Crippen LogP contribution in [0.25, 0.3) is 0 Å². The summed E-state index contributed by atoms with van der Waals surface area (Å²) in [6, 6.07) is 10.1. The number of benzene rings is 2. The van der Waals surface area contributed by atoms with Gasteiger partial charge in [0.2, 0.25) is 5.91 Å². The van der Waals surface area contributed by atoms with Crippen molar-refractivity contribution in [2.45, 2.75) is 13.3 Å². The van der Waals surface area contributed by atoms with E-state index in [0.717, 1.165) is 0 Å². The molecule has 0 aliphatic carbocycles. The Labute approximate surface area is 131 Å². The van der Waals surface area contributed by atoms with Gasteiger partial charge in [-0.3, -0.25) is 25.0 Å². The number of para-hydroxylation sites is 1. The Morgan fingerprint density at radius 2 is 1.78 bits per heavy atom. The van der Waals surface area contributed by atoms with Crippen molar-refractivity contribution in [3.8, 4) is 0 Å². The van der Waals surface area contributed by atoms with Gasteiger partial charge in [0.25, 0.3) is 11.4 Å². The average Bonchev–Trinajstić information content (AvgIpc) is 2.49. The summed E-state index contributed by atoms with van der Waals surface area (Å²) in [6.07, 6.45) is -0.159. The van der Waals surface area contributed by atoms with E-state index in [9.17, 15) is 25.0 Å². The van der Waals surface area contributed by atoms with Crippen LogP contribution in [-0.2, 0) is 11.2 Å². The summed E-state index contributed by atoms with van der Waals surface area (Å²) in [5.41, 5.74) is 1.08. The van der Waals surface area contributed by atoms with Crippen LogP contribution in [0.5, 0.6) is 0 Å². The van der Waals surface area contributed by atoms with E-state index in [1.165, 1.54) is 36.4 Å². The number of rotatable bonds is 5. The minimum absolute atomic E-state index is 0.0702. The molecule has 0 spiro atoms. The summed E-state index contributed by atoms with van der Waals surface area (Å²) in [6.45, 7) is 1.63. The van der Waals surface area contributed by atoms with Gasteiger partial charge in [0, 0.05) is 29.4 Å². The minimum Gasteiger partial charge on any atom is -0.326 e. The molecule has 2 aromatic rings. The molecular weight excluding hydrogens is 302 g/mol. The third-order valence-corrected chi connectivity index (χ3v) is 3.23. The zero-order chi connectivity index (χ0) is 17.0. The second kappa shape index (κ2) is 6.65. The molecular formula is C15H13N3O5. The van der Waals surface area contributed by atoms with Crippen LogP contribution in [0.1, 0.15) is 11.1 Å². The quantitative estimate of drug-likeness (QED) is 0.672. The van der Waals surface area contributed by atoms with Crippen molar-refractivity contribution in [2.75, 3.05) is 5.32 Å². The minimum atomic E-state index is -0.542. The van der Waals surface area contributed by atoms with E-state index in [1.54, 1.807) is 13.0 Å². The van der Waals surface area contributed by atoms with Crippen LogP contribution in [0.2, 0.25) is 0 Å². The Morgan fingerprint density at radius 3 is 2.39 bits per heavy atom. The maximum absolute atomic E-state index is 12.1. The molecule has 23 heavy (non-hydrogen) atoms. The zero-order valence-corrected chi connectivity index (χ0v) is 12.2. The summed E-state index contributed by atoms with van der Waals surface area (Å²) < 4.78 is 0. The highest BCUT2D eigenvalue weighted by molar-refractivity contribution is 5.93. The number of carbonyl (C=O) groups excluding carboxylic acids is 1. The van der Waals surface area contributed by atoms with Gasteiger partial charge in [-0.05, 0) is 18.6 Å². The fourth-order valence-electron chi connectivity index (χ4n) is 2.11. The standard InChI is InChI=1S/C15H13N3O5/c1-10-8-12(17(20)21)6-7-13(10)16-15(19)9-11-4-2-3-5-14(11)18(22)23/h2-8H,9H2,1H3,(H,16,19). The largest absolute Gasteiger partial charge is 0.326 e.